The van der Waals surface area contributed by atoms with Crippen LogP contribution in [0.4, 0.5) is 4.39 Å². The Morgan fingerprint density at radius 1 is 1.05 bits per heavy atom. The van der Waals surface area contributed by atoms with Gasteiger partial charge in [0.05, 0.1) is 29.1 Å². The van der Waals surface area contributed by atoms with Crippen molar-refractivity contribution in [3.05, 3.63) is 117 Å². The van der Waals surface area contributed by atoms with E-state index in [-0.39, 0.29) is 24.0 Å². The maximum atomic E-state index is 13.6. The molecule has 0 bridgehead atoms. The molecule has 38 heavy (non-hydrogen) atoms. The van der Waals surface area contributed by atoms with Crippen molar-refractivity contribution in [1.29, 1.82) is 0 Å². The highest BCUT2D eigenvalue weighted by Crippen LogP contribution is 2.37. The summed E-state index contributed by atoms with van der Waals surface area (Å²) in [6.07, 6.45) is 5.20. The van der Waals surface area contributed by atoms with Crippen LogP contribution in [0.25, 0.3) is 17.3 Å². The summed E-state index contributed by atoms with van der Waals surface area (Å²) in [5.41, 5.74) is 5.10. The van der Waals surface area contributed by atoms with Gasteiger partial charge in [0.25, 0.3) is 5.91 Å². The summed E-state index contributed by atoms with van der Waals surface area (Å²) in [5.74, 6) is -0.682. The summed E-state index contributed by atoms with van der Waals surface area (Å²) in [6.45, 7) is -0.253. The number of benzene rings is 3. The maximum absolute atomic E-state index is 13.6. The number of aliphatic hydroxyl groups excluding tert-OH is 1. The van der Waals surface area contributed by atoms with Crippen molar-refractivity contribution in [3.63, 3.8) is 0 Å². The Bertz CT molecular complexity index is 1480. The number of fused-ring (bicyclic) bond motifs is 1. The normalized spacial score (nSPS) is 15.1. The van der Waals surface area contributed by atoms with Crippen molar-refractivity contribution in [3.8, 4) is 5.69 Å². The molecule has 2 N–H and O–H groups in total. The van der Waals surface area contributed by atoms with Crippen LogP contribution in [0.5, 0.6) is 0 Å². The van der Waals surface area contributed by atoms with Crippen LogP contribution in [-0.4, -0.2) is 27.4 Å². The van der Waals surface area contributed by atoms with Crippen molar-refractivity contribution in [2.75, 3.05) is 6.61 Å². The molecule has 1 unspecified atom stereocenters. The molecule has 4 aromatic rings. The monoisotopic (exact) mass is 549 g/mol. The van der Waals surface area contributed by atoms with Gasteiger partial charge in [0.2, 0.25) is 0 Å². The number of rotatable bonds is 6. The molecule has 1 aliphatic rings. The molecular weight excluding hydrogens is 524 g/mol. The summed E-state index contributed by atoms with van der Waals surface area (Å²) in [6, 6.07) is 20.2. The van der Waals surface area contributed by atoms with E-state index < -0.39 is 6.04 Å². The van der Waals surface area contributed by atoms with Gasteiger partial charge in [-0.15, -0.1) is 0 Å². The molecular formula is C30H26Cl2FN3O2. The predicted octanol–water partition coefficient (Wildman–Crippen LogP) is 7.05. The lowest BCUT2D eigenvalue weighted by Gasteiger charge is -2.16. The van der Waals surface area contributed by atoms with Crippen molar-refractivity contribution in [2.24, 2.45) is 0 Å². The third-order valence-electron chi connectivity index (χ3n) is 6.66. The van der Waals surface area contributed by atoms with Crippen LogP contribution in [0, 0.1) is 5.82 Å². The quantitative estimate of drug-likeness (QED) is 0.253. The lowest BCUT2D eigenvalue weighted by atomic mass is 10.0. The molecule has 0 fully saturated rings. The van der Waals surface area contributed by atoms with Gasteiger partial charge in [0.15, 0.2) is 5.69 Å². The number of allylic oxidation sites excluding steroid dienone is 1. The zero-order chi connectivity index (χ0) is 26.6. The van der Waals surface area contributed by atoms with E-state index in [1.54, 1.807) is 35.0 Å². The Morgan fingerprint density at radius 3 is 2.50 bits per heavy atom. The number of carbonyl (C=O) groups excluding carboxylic acids is 1. The fourth-order valence-corrected chi connectivity index (χ4v) is 5.30. The second-order valence-corrected chi connectivity index (χ2v) is 10.1. The van der Waals surface area contributed by atoms with E-state index in [2.05, 4.69) is 5.32 Å². The van der Waals surface area contributed by atoms with Crippen molar-refractivity contribution < 1.29 is 14.3 Å². The van der Waals surface area contributed by atoms with E-state index in [0.717, 1.165) is 47.2 Å². The minimum Gasteiger partial charge on any atom is -0.394 e. The highest BCUT2D eigenvalue weighted by atomic mass is 35.5. The summed E-state index contributed by atoms with van der Waals surface area (Å²) in [7, 11) is 0. The number of aliphatic hydroxyl groups is 1. The van der Waals surface area contributed by atoms with Gasteiger partial charge in [-0.2, -0.15) is 5.10 Å². The van der Waals surface area contributed by atoms with Crippen LogP contribution >= 0.6 is 23.2 Å². The zero-order valence-electron chi connectivity index (χ0n) is 20.5. The number of nitrogens with zero attached hydrogens (tertiary/aromatic N) is 2. The number of nitrogens with one attached hydrogen (secondary N) is 1. The molecule has 0 saturated heterocycles. The van der Waals surface area contributed by atoms with Gasteiger partial charge in [-0.25, -0.2) is 9.07 Å². The minimum absolute atomic E-state index is 0.253. The van der Waals surface area contributed by atoms with E-state index in [1.165, 1.54) is 12.1 Å². The van der Waals surface area contributed by atoms with Crippen molar-refractivity contribution >= 4 is 40.8 Å². The Labute approximate surface area is 230 Å². The van der Waals surface area contributed by atoms with Gasteiger partial charge in [-0.1, -0.05) is 65.7 Å². The maximum Gasteiger partial charge on any atom is 0.272 e. The first-order chi connectivity index (χ1) is 18.4. The van der Waals surface area contributed by atoms with Gasteiger partial charge in [0, 0.05) is 10.6 Å². The molecule has 5 rings (SSSR count). The van der Waals surface area contributed by atoms with Crippen LogP contribution in [0.15, 0.2) is 72.8 Å². The van der Waals surface area contributed by atoms with Crippen LogP contribution in [0.2, 0.25) is 10.0 Å². The van der Waals surface area contributed by atoms with Crippen molar-refractivity contribution in [1.82, 2.24) is 15.1 Å². The topological polar surface area (TPSA) is 67.2 Å². The molecule has 5 nitrogen and oxygen atoms in total. The minimum atomic E-state index is -0.580. The highest BCUT2D eigenvalue weighted by molar-refractivity contribution is 6.35. The Balaban J connectivity index is 1.64. The number of hydrogen-bond acceptors (Lipinski definition) is 3. The van der Waals surface area contributed by atoms with Gasteiger partial charge in [-0.05, 0) is 78.8 Å². The van der Waals surface area contributed by atoms with Gasteiger partial charge >= 0.3 is 0 Å². The molecule has 194 valence electrons. The van der Waals surface area contributed by atoms with Gasteiger partial charge in [0.1, 0.15) is 5.82 Å². The first-order valence-electron chi connectivity index (χ1n) is 12.4. The fourth-order valence-electron chi connectivity index (χ4n) is 4.81. The molecule has 1 heterocycles. The molecule has 0 aliphatic heterocycles. The molecule has 8 heteroatoms. The molecule has 0 saturated carbocycles. The molecule has 1 atom stereocenters. The fraction of sp³-hybridized carbons (Fsp3) is 0.200. The molecule has 0 radical (unpaired) electrons. The average Bonchev–Trinajstić information content (AvgIpc) is 3.17. The van der Waals surface area contributed by atoms with E-state index in [0.29, 0.717) is 22.2 Å². The van der Waals surface area contributed by atoms with Crippen molar-refractivity contribution in [2.45, 2.75) is 31.7 Å². The Hall–Kier alpha value is -3.45. The standard InChI is InChI=1S/C30H26Cl2FN3O2/c31-22-12-15-27(25(32)17-22)36-29-21(16-19-10-13-23(33)14-11-19)8-4-5-9-24(29)28(35-36)30(38)34-26(18-37)20-6-2-1-3-7-20/h1-3,6-7,10-17,26,37H,4-5,8-9,18H2,(H,34,38). The number of aromatic nitrogens is 2. The van der Waals surface area contributed by atoms with Crippen LogP contribution in [0.1, 0.15) is 58.2 Å². The van der Waals surface area contributed by atoms with Gasteiger partial charge in [-0.3, -0.25) is 4.79 Å². The number of hydrogen-bond donors (Lipinski definition) is 2. The number of amides is 1. The summed E-state index contributed by atoms with van der Waals surface area (Å²) >= 11 is 12.8. The van der Waals surface area contributed by atoms with Gasteiger partial charge < -0.3 is 10.4 Å². The first kappa shape index (κ1) is 26.2. The SMILES string of the molecule is O=C(NC(CO)c1ccccc1)c1nn(-c2ccc(Cl)cc2Cl)c2c1CCCCC2=Cc1ccc(F)cc1. The smallest absolute Gasteiger partial charge is 0.272 e. The highest BCUT2D eigenvalue weighted by Gasteiger charge is 2.29. The van der Waals surface area contributed by atoms with E-state index in [9.17, 15) is 14.3 Å². The number of halogens is 3. The third kappa shape index (κ3) is 5.53. The molecule has 1 aliphatic carbocycles. The molecule has 3 aromatic carbocycles. The first-order valence-corrected chi connectivity index (χ1v) is 13.2. The zero-order valence-corrected chi connectivity index (χ0v) is 22.0. The molecule has 1 amide bonds. The summed E-state index contributed by atoms with van der Waals surface area (Å²) in [5, 5.41) is 18.6. The second kappa shape index (κ2) is 11.5. The second-order valence-electron chi connectivity index (χ2n) is 9.23. The van der Waals surface area contributed by atoms with E-state index in [4.69, 9.17) is 28.3 Å². The average molecular weight is 550 g/mol. The van der Waals surface area contributed by atoms with Crippen LogP contribution in [-0.2, 0) is 6.42 Å². The lowest BCUT2D eigenvalue weighted by molar-refractivity contribution is 0.0909. The predicted molar refractivity (Wildman–Crippen MR) is 149 cm³/mol. The van der Waals surface area contributed by atoms with E-state index >= 15 is 0 Å². The summed E-state index contributed by atoms with van der Waals surface area (Å²) < 4.78 is 15.3. The third-order valence-corrected chi connectivity index (χ3v) is 7.20. The Morgan fingerprint density at radius 2 is 1.79 bits per heavy atom. The molecule has 0 spiro atoms. The Kier molecular flexibility index (Phi) is 7.93. The largest absolute Gasteiger partial charge is 0.394 e. The summed E-state index contributed by atoms with van der Waals surface area (Å²) in [4.78, 5) is 13.6. The molecule has 1 aromatic heterocycles. The van der Waals surface area contributed by atoms with Crippen LogP contribution in [0.3, 0.4) is 0 Å². The number of carbonyl (C=O) groups is 1. The lowest BCUT2D eigenvalue weighted by Crippen LogP contribution is -2.31. The van der Waals surface area contributed by atoms with Crippen LogP contribution < -0.4 is 5.32 Å². The van der Waals surface area contributed by atoms with E-state index in [1.807, 2.05) is 36.4 Å².